The maximum atomic E-state index is 13.2. The van der Waals surface area contributed by atoms with Gasteiger partial charge in [0.2, 0.25) is 11.8 Å². The number of hydrogen-bond donors (Lipinski definition) is 4. The highest BCUT2D eigenvalue weighted by atomic mass is 19.1. The van der Waals surface area contributed by atoms with Crippen molar-refractivity contribution in [2.75, 3.05) is 13.1 Å². The van der Waals surface area contributed by atoms with E-state index in [2.05, 4.69) is 16.0 Å². The largest absolute Gasteiger partial charge is 0.355 e. The molecule has 0 fully saturated rings. The van der Waals surface area contributed by atoms with Crippen LogP contribution in [-0.2, 0) is 16.0 Å². The van der Waals surface area contributed by atoms with Crippen molar-refractivity contribution < 1.29 is 18.4 Å². The molecule has 27 heavy (non-hydrogen) atoms. The quantitative estimate of drug-likeness (QED) is 0.486. The van der Waals surface area contributed by atoms with E-state index in [9.17, 15) is 18.4 Å². The van der Waals surface area contributed by atoms with Gasteiger partial charge in [-0.15, -0.1) is 0 Å². The molecule has 8 heteroatoms. The number of halogens is 2. The summed E-state index contributed by atoms with van der Waals surface area (Å²) in [7, 11) is 0. The summed E-state index contributed by atoms with van der Waals surface area (Å²) in [5.41, 5.74) is 6.44. The molecule has 0 unspecified atom stereocenters. The van der Waals surface area contributed by atoms with E-state index < -0.39 is 29.8 Å². The van der Waals surface area contributed by atoms with Crippen molar-refractivity contribution in [2.45, 2.75) is 52.2 Å². The zero-order valence-electron chi connectivity index (χ0n) is 16.3. The molecule has 1 aromatic carbocycles. The van der Waals surface area contributed by atoms with Gasteiger partial charge in [-0.2, -0.15) is 0 Å². The van der Waals surface area contributed by atoms with Gasteiger partial charge in [0.25, 0.3) is 0 Å². The molecule has 152 valence electrons. The van der Waals surface area contributed by atoms with E-state index in [0.29, 0.717) is 12.1 Å². The van der Waals surface area contributed by atoms with E-state index in [-0.39, 0.29) is 30.7 Å². The van der Waals surface area contributed by atoms with Gasteiger partial charge < -0.3 is 21.7 Å². The van der Waals surface area contributed by atoms with Crippen LogP contribution in [0.15, 0.2) is 18.2 Å². The van der Waals surface area contributed by atoms with Gasteiger partial charge >= 0.3 is 0 Å². The normalized spacial score (nSPS) is 14.5. The fourth-order valence-corrected chi connectivity index (χ4v) is 2.62. The lowest BCUT2D eigenvalue weighted by Gasteiger charge is -2.24. The Bertz CT molecular complexity index is 620. The van der Waals surface area contributed by atoms with Crippen LogP contribution in [0.4, 0.5) is 8.78 Å². The van der Waals surface area contributed by atoms with Crippen LogP contribution in [0.3, 0.4) is 0 Å². The highest BCUT2D eigenvalue weighted by Crippen LogP contribution is 2.09. The lowest BCUT2D eigenvalue weighted by molar-refractivity contribution is -0.130. The van der Waals surface area contributed by atoms with Crippen molar-refractivity contribution in [1.29, 1.82) is 0 Å². The Morgan fingerprint density at radius 1 is 1.07 bits per heavy atom. The first-order valence-electron chi connectivity index (χ1n) is 9.16. The van der Waals surface area contributed by atoms with Crippen LogP contribution in [0.25, 0.3) is 0 Å². The van der Waals surface area contributed by atoms with Gasteiger partial charge in [0.05, 0.1) is 6.04 Å². The van der Waals surface area contributed by atoms with Crippen LogP contribution in [-0.4, -0.2) is 43.0 Å². The third kappa shape index (κ3) is 8.01. The molecule has 6 nitrogen and oxygen atoms in total. The second-order valence-electron chi connectivity index (χ2n) is 7.00. The highest BCUT2D eigenvalue weighted by Gasteiger charge is 2.25. The van der Waals surface area contributed by atoms with Crippen molar-refractivity contribution in [1.82, 2.24) is 16.0 Å². The number of nitrogens with one attached hydrogen (secondary N) is 3. The van der Waals surface area contributed by atoms with Gasteiger partial charge in [0.1, 0.15) is 17.7 Å². The lowest BCUT2D eigenvalue weighted by Crippen LogP contribution is -2.55. The summed E-state index contributed by atoms with van der Waals surface area (Å²) in [6.07, 6.45) is 0.267. The first-order chi connectivity index (χ1) is 12.6. The third-order valence-corrected chi connectivity index (χ3v) is 4.10. The van der Waals surface area contributed by atoms with Crippen LogP contribution < -0.4 is 21.7 Å². The van der Waals surface area contributed by atoms with Crippen LogP contribution >= 0.6 is 0 Å². The first kappa shape index (κ1) is 23.0. The van der Waals surface area contributed by atoms with Crippen LogP contribution in [0.2, 0.25) is 0 Å². The van der Waals surface area contributed by atoms with E-state index in [1.165, 1.54) is 12.1 Å². The van der Waals surface area contributed by atoms with Gasteiger partial charge in [-0.3, -0.25) is 9.59 Å². The smallest absolute Gasteiger partial charge is 0.242 e. The number of likely N-dealkylation sites (N-methyl/N-ethyl adjacent to an activating group) is 1. The third-order valence-electron chi connectivity index (χ3n) is 4.10. The van der Waals surface area contributed by atoms with Crippen molar-refractivity contribution in [3.05, 3.63) is 35.4 Å². The fourth-order valence-electron chi connectivity index (χ4n) is 2.62. The predicted octanol–water partition coefficient (Wildman–Crippen LogP) is 1.09. The molecule has 3 atom stereocenters. The number of nitrogens with two attached hydrogens (primary N) is 1. The molecule has 0 aliphatic carbocycles. The zero-order valence-corrected chi connectivity index (χ0v) is 16.3. The van der Waals surface area contributed by atoms with Crippen LogP contribution in [0.5, 0.6) is 0 Å². The average Bonchev–Trinajstić information content (AvgIpc) is 2.56. The Kier molecular flexibility index (Phi) is 9.31. The molecule has 0 radical (unpaired) electrons. The Morgan fingerprint density at radius 2 is 1.67 bits per heavy atom. The molecule has 0 bridgehead atoms. The first-order valence-corrected chi connectivity index (χ1v) is 9.16. The molecule has 0 aromatic heterocycles. The van der Waals surface area contributed by atoms with Crippen molar-refractivity contribution in [3.8, 4) is 0 Å². The topological polar surface area (TPSA) is 96.2 Å². The molecule has 5 N–H and O–H groups in total. The van der Waals surface area contributed by atoms with Crippen LogP contribution in [0.1, 0.15) is 33.3 Å². The monoisotopic (exact) mass is 384 g/mol. The van der Waals surface area contributed by atoms with E-state index in [4.69, 9.17) is 5.73 Å². The second-order valence-corrected chi connectivity index (χ2v) is 7.00. The molecule has 1 rings (SSSR count). The number of hydrogen-bond acceptors (Lipinski definition) is 4. The summed E-state index contributed by atoms with van der Waals surface area (Å²) in [4.78, 5) is 24.4. The Hall–Kier alpha value is -2.06. The highest BCUT2D eigenvalue weighted by molar-refractivity contribution is 5.89. The molecule has 1 aromatic rings. The maximum absolute atomic E-state index is 13.2. The standard InChI is InChI=1S/C19H30F2N4O2/c1-5-23-19(27)17(11(2)3)25-18(26)12(4)24-10-16(22)8-13-6-14(20)9-15(21)7-13/h6-7,9,11-12,16-17,24H,5,8,10,22H2,1-4H3,(H,23,27)(H,25,26)/t12-,16-,17-/m0/s1. The molecule has 0 aliphatic rings. The number of carbonyl (C=O) groups is 2. The molecule has 0 spiro atoms. The second kappa shape index (κ2) is 10.9. The summed E-state index contributed by atoms with van der Waals surface area (Å²) in [6, 6.07) is 1.66. The molecular weight excluding hydrogens is 354 g/mol. The van der Waals surface area contributed by atoms with E-state index >= 15 is 0 Å². The van der Waals surface area contributed by atoms with Gasteiger partial charge in [0.15, 0.2) is 0 Å². The molecule has 0 aliphatic heterocycles. The number of carbonyl (C=O) groups excluding carboxylic acids is 2. The lowest BCUT2D eigenvalue weighted by atomic mass is 10.0. The molecule has 0 heterocycles. The fraction of sp³-hybridized carbons (Fsp3) is 0.579. The molecule has 0 saturated carbocycles. The minimum Gasteiger partial charge on any atom is -0.355 e. The average molecular weight is 384 g/mol. The maximum Gasteiger partial charge on any atom is 0.242 e. The van der Waals surface area contributed by atoms with Crippen molar-refractivity contribution >= 4 is 11.8 Å². The molecule has 0 saturated heterocycles. The van der Waals surface area contributed by atoms with Gasteiger partial charge in [0, 0.05) is 25.2 Å². The zero-order chi connectivity index (χ0) is 20.6. The Morgan fingerprint density at radius 3 is 2.19 bits per heavy atom. The minimum atomic E-state index is -0.650. The number of benzene rings is 1. The summed E-state index contributed by atoms with van der Waals surface area (Å²) in [5, 5.41) is 8.43. The van der Waals surface area contributed by atoms with Crippen molar-refractivity contribution in [3.63, 3.8) is 0 Å². The minimum absolute atomic E-state index is 0.0576. The molecular formula is C19H30F2N4O2. The molecule has 2 amide bonds. The number of amides is 2. The Labute approximate surface area is 159 Å². The van der Waals surface area contributed by atoms with Gasteiger partial charge in [-0.1, -0.05) is 13.8 Å². The van der Waals surface area contributed by atoms with E-state index in [0.717, 1.165) is 6.07 Å². The van der Waals surface area contributed by atoms with E-state index in [1.807, 2.05) is 20.8 Å². The SMILES string of the molecule is CCNC(=O)[C@@H](NC(=O)[C@H](C)NC[C@@H](N)Cc1cc(F)cc(F)c1)C(C)C. The summed E-state index contributed by atoms with van der Waals surface area (Å²) in [5.74, 6) is -1.90. The van der Waals surface area contributed by atoms with Crippen molar-refractivity contribution in [2.24, 2.45) is 11.7 Å². The van der Waals surface area contributed by atoms with Gasteiger partial charge in [-0.25, -0.2) is 8.78 Å². The summed E-state index contributed by atoms with van der Waals surface area (Å²) >= 11 is 0. The van der Waals surface area contributed by atoms with Gasteiger partial charge in [-0.05, 0) is 43.9 Å². The van der Waals surface area contributed by atoms with Crippen LogP contribution in [0, 0.1) is 17.6 Å². The number of rotatable bonds is 10. The summed E-state index contributed by atoms with van der Waals surface area (Å²) < 4.78 is 26.4. The van der Waals surface area contributed by atoms with E-state index in [1.54, 1.807) is 6.92 Å². The summed E-state index contributed by atoms with van der Waals surface area (Å²) in [6.45, 7) is 7.95. The Balaban J connectivity index is 2.53. The predicted molar refractivity (Wildman–Crippen MR) is 101 cm³/mol.